The minimum Gasteiger partial charge on any atom is -0.466 e. The molecule has 0 amide bonds. The Morgan fingerprint density at radius 3 is 2.94 bits per heavy atom. The maximum absolute atomic E-state index is 13.0. The Morgan fingerprint density at radius 1 is 1.53 bits per heavy atom. The number of phosphoric ester groups is 1. The number of carbonyl (C=O) groups excluding carboxylic acids is 1. The van der Waals surface area contributed by atoms with E-state index in [1.807, 2.05) is 0 Å². The van der Waals surface area contributed by atoms with E-state index in [2.05, 4.69) is 15.0 Å². The van der Waals surface area contributed by atoms with E-state index in [4.69, 9.17) is 28.6 Å². The molecule has 32 heavy (non-hydrogen) atoms. The zero-order chi connectivity index (χ0) is 23.5. The molecular weight excluding hydrogens is 449 g/mol. The van der Waals surface area contributed by atoms with Gasteiger partial charge >= 0.3 is 19.5 Å². The monoisotopic (exact) mass is 473 g/mol. The number of hydrogen-bond acceptors (Lipinski definition) is 10. The standard InChI is InChI=1S/C17H24N5O9P/c1-4-27-14(24)10(2)6-8-28-32(26)29-9-11-13(31-32)17(3,20-21-18)15(30-11)22-7-5-12(23)19-16(22)25/h5,7,10-11,13,15H,4,6,8-9H2,1-3H3,(H,19,23,25)/t10?,11-,13-,15-,17-,32?/m1/s1. The zero-order valence-corrected chi connectivity index (χ0v) is 18.6. The third-order valence-corrected chi connectivity index (χ3v) is 6.66. The molecule has 15 heteroatoms. The normalized spacial score (nSPS) is 32.5. The van der Waals surface area contributed by atoms with Crippen LogP contribution >= 0.6 is 7.82 Å². The first-order valence-corrected chi connectivity index (χ1v) is 11.4. The summed E-state index contributed by atoms with van der Waals surface area (Å²) in [6.45, 7) is 4.72. The van der Waals surface area contributed by atoms with Gasteiger partial charge in [-0.1, -0.05) is 12.0 Å². The number of phosphoric acid groups is 1. The summed E-state index contributed by atoms with van der Waals surface area (Å²) >= 11 is 0. The molecule has 1 aromatic heterocycles. The molecule has 14 nitrogen and oxygen atoms in total. The van der Waals surface area contributed by atoms with Gasteiger partial charge in [-0.3, -0.25) is 32.7 Å². The van der Waals surface area contributed by atoms with Gasteiger partial charge in [-0.05, 0) is 25.8 Å². The van der Waals surface area contributed by atoms with Crippen molar-refractivity contribution >= 4 is 13.8 Å². The average Bonchev–Trinajstić information content (AvgIpc) is 3.00. The van der Waals surface area contributed by atoms with Gasteiger partial charge in [0.15, 0.2) is 6.23 Å². The minimum atomic E-state index is -4.09. The van der Waals surface area contributed by atoms with Crippen LogP contribution in [0.5, 0.6) is 0 Å². The lowest BCUT2D eigenvalue weighted by molar-refractivity contribution is -0.147. The molecule has 0 spiro atoms. The highest BCUT2D eigenvalue weighted by atomic mass is 31.2. The van der Waals surface area contributed by atoms with E-state index in [1.165, 1.54) is 13.1 Å². The number of rotatable bonds is 8. The van der Waals surface area contributed by atoms with E-state index in [0.29, 0.717) is 0 Å². The Kier molecular flexibility index (Phi) is 7.23. The van der Waals surface area contributed by atoms with Crippen LogP contribution < -0.4 is 11.2 Å². The number of nitrogens with one attached hydrogen (secondary N) is 1. The molecule has 1 aromatic rings. The highest BCUT2D eigenvalue weighted by Crippen LogP contribution is 2.59. The van der Waals surface area contributed by atoms with Crippen molar-refractivity contribution in [1.29, 1.82) is 0 Å². The second-order valence-electron chi connectivity index (χ2n) is 7.50. The number of esters is 1. The molecule has 2 aliphatic heterocycles. The first-order chi connectivity index (χ1) is 15.1. The third-order valence-electron chi connectivity index (χ3n) is 5.21. The zero-order valence-electron chi connectivity index (χ0n) is 17.7. The number of H-pyrrole nitrogens is 1. The fraction of sp³-hybridized carbons (Fsp3) is 0.706. The lowest BCUT2D eigenvalue weighted by Gasteiger charge is -2.35. The second-order valence-corrected chi connectivity index (χ2v) is 9.13. The molecule has 0 aliphatic carbocycles. The molecule has 0 saturated carbocycles. The first-order valence-electron chi connectivity index (χ1n) is 9.91. The molecule has 176 valence electrons. The molecule has 2 saturated heterocycles. The molecule has 6 atom stereocenters. The third kappa shape index (κ3) is 4.80. The molecular formula is C17H24N5O9P. The number of aromatic amines is 1. The predicted molar refractivity (Wildman–Crippen MR) is 108 cm³/mol. The average molecular weight is 473 g/mol. The van der Waals surface area contributed by atoms with Gasteiger partial charge in [0.25, 0.3) is 5.56 Å². The number of ether oxygens (including phenoxy) is 2. The molecule has 2 unspecified atom stereocenters. The molecule has 2 fully saturated rings. The van der Waals surface area contributed by atoms with Crippen LogP contribution in [0.1, 0.15) is 33.4 Å². The fourth-order valence-electron chi connectivity index (χ4n) is 3.50. The highest BCUT2D eigenvalue weighted by Gasteiger charge is 2.60. The van der Waals surface area contributed by atoms with E-state index in [-0.39, 0.29) is 26.2 Å². The van der Waals surface area contributed by atoms with E-state index < -0.39 is 54.9 Å². The number of hydrogen-bond donors (Lipinski definition) is 1. The van der Waals surface area contributed by atoms with Crippen LogP contribution in [0.25, 0.3) is 10.4 Å². The maximum atomic E-state index is 13.0. The van der Waals surface area contributed by atoms with Gasteiger partial charge < -0.3 is 9.47 Å². The molecule has 0 bridgehead atoms. The van der Waals surface area contributed by atoms with Crippen molar-refractivity contribution in [1.82, 2.24) is 9.55 Å². The van der Waals surface area contributed by atoms with Crippen molar-refractivity contribution in [2.75, 3.05) is 19.8 Å². The van der Waals surface area contributed by atoms with Gasteiger partial charge in [0.1, 0.15) is 17.7 Å². The van der Waals surface area contributed by atoms with E-state index in [9.17, 15) is 18.9 Å². The van der Waals surface area contributed by atoms with Crippen molar-refractivity contribution in [3.8, 4) is 0 Å². The van der Waals surface area contributed by atoms with Crippen LogP contribution in [0.3, 0.4) is 0 Å². The van der Waals surface area contributed by atoms with Gasteiger partial charge in [0, 0.05) is 17.2 Å². The van der Waals surface area contributed by atoms with Crippen LogP contribution in [0.4, 0.5) is 0 Å². The molecule has 1 N–H and O–H groups in total. The summed E-state index contributed by atoms with van der Waals surface area (Å²) in [6, 6.07) is 1.11. The predicted octanol–water partition coefficient (Wildman–Crippen LogP) is 1.63. The summed E-state index contributed by atoms with van der Waals surface area (Å²) in [5.74, 6) is -0.895. The minimum absolute atomic E-state index is 0.115. The van der Waals surface area contributed by atoms with Crippen LogP contribution in [0.2, 0.25) is 0 Å². The topological polar surface area (TPSA) is 184 Å². The smallest absolute Gasteiger partial charge is 0.466 e. The molecule has 0 aromatic carbocycles. The summed E-state index contributed by atoms with van der Waals surface area (Å²) in [5.41, 5.74) is 6.20. The Labute approximate surface area is 182 Å². The van der Waals surface area contributed by atoms with E-state index in [1.54, 1.807) is 13.8 Å². The summed E-state index contributed by atoms with van der Waals surface area (Å²) < 4.78 is 41.0. The summed E-state index contributed by atoms with van der Waals surface area (Å²) in [7, 11) is -4.09. The van der Waals surface area contributed by atoms with Crippen LogP contribution in [-0.4, -0.2) is 53.1 Å². The highest BCUT2D eigenvalue weighted by molar-refractivity contribution is 7.48. The summed E-state index contributed by atoms with van der Waals surface area (Å²) in [4.78, 5) is 40.3. The summed E-state index contributed by atoms with van der Waals surface area (Å²) in [5, 5.41) is 3.76. The SMILES string of the molecule is CCOC(=O)C(C)CCOP1(=O)OC[C@H]2O[C@@H](n3ccc(=O)[nH]c3=O)[C@](C)(N=[N+]=[N-])[C@@H]2O1. The van der Waals surface area contributed by atoms with Crippen molar-refractivity contribution in [3.05, 3.63) is 43.5 Å². The lowest BCUT2D eigenvalue weighted by Crippen LogP contribution is -2.47. The van der Waals surface area contributed by atoms with E-state index in [0.717, 1.165) is 10.6 Å². The Bertz CT molecular complexity index is 1070. The van der Waals surface area contributed by atoms with Crippen LogP contribution in [0, 0.1) is 5.92 Å². The van der Waals surface area contributed by atoms with Gasteiger partial charge in [-0.2, -0.15) is 0 Å². The second kappa shape index (κ2) is 9.57. The molecule has 0 radical (unpaired) electrons. The van der Waals surface area contributed by atoms with Crippen LogP contribution in [-0.2, 0) is 32.4 Å². The Morgan fingerprint density at radius 2 is 2.28 bits per heavy atom. The van der Waals surface area contributed by atoms with E-state index >= 15 is 0 Å². The fourth-order valence-corrected chi connectivity index (χ4v) is 4.98. The quantitative estimate of drug-likeness (QED) is 0.193. The van der Waals surface area contributed by atoms with Crippen molar-refractivity contribution in [2.24, 2.45) is 11.0 Å². The van der Waals surface area contributed by atoms with Crippen molar-refractivity contribution in [2.45, 2.75) is 51.2 Å². The lowest BCUT2D eigenvalue weighted by atomic mass is 9.93. The number of carbonyl (C=O) groups is 1. The van der Waals surface area contributed by atoms with Gasteiger partial charge in [-0.15, -0.1) is 0 Å². The largest absolute Gasteiger partial charge is 0.475 e. The van der Waals surface area contributed by atoms with Crippen molar-refractivity contribution < 1.29 is 32.4 Å². The van der Waals surface area contributed by atoms with Crippen molar-refractivity contribution in [3.63, 3.8) is 0 Å². The molecule has 3 rings (SSSR count). The Balaban J connectivity index is 1.77. The number of nitrogens with zero attached hydrogens (tertiary/aromatic N) is 4. The maximum Gasteiger partial charge on any atom is 0.475 e. The molecule has 2 aliphatic rings. The van der Waals surface area contributed by atoms with Gasteiger partial charge in [0.2, 0.25) is 0 Å². The summed E-state index contributed by atoms with van der Waals surface area (Å²) in [6.07, 6.45) is -1.68. The molecule has 3 heterocycles. The van der Waals surface area contributed by atoms with Gasteiger partial charge in [0.05, 0.1) is 25.7 Å². The first kappa shape index (κ1) is 24.2. The van der Waals surface area contributed by atoms with Crippen LogP contribution in [0.15, 0.2) is 27.0 Å². The number of fused-ring (bicyclic) bond motifs is 1. The Hall–Kier alpha value is -2.47. The number of aromatic nitrogens is 2. The van der Waals surface area contributed by atoms with Gasteiger partial charge in [-0.25, -0.2) is 9.36 Å². The number of azide groups is 1.